The maximum Gasteiger partial charge on any atom is 0.251 e. The van der Waals surface area contributed by atoms with Crippen LogP contribution in [0.15, 0.2) is 78.9 Å². The minimum atomic E-state index is -0.122. The summed E-state index contributed by atoms with van der Waals surface area (Å²) in [6, 6.07) is 24.6. The fraction of sp³-hybridized carbons (Fsp3) is 0.167. The van der Waals surface area contributed by atoms with Crippen molar-refractivity contribution >= 4 is 16.9 Å². The predicted octanol–water partition coefficient (Wildman–Crippen LogP) is 4.05. The monoisotopic (exact) mass is 401 g/mol. The molecule has 0 fully saturated rings. The summed E-state index contributed by atoms with van der Waals surface area (Å²) in [7, 11) is 1.64. The van der Waals surface area contributed by atoms with E-state index in [-0.39, 0.29) is 5.91 Å². The summed E-state index contributed by atoms with van der Waals surface area (Å²) in [5, 5.41) is 2.96. The molecular weight excluding hydrogens is 378 g/mol. The number of imidazole rings is 1. The Balaban J connectivity index is 1.46. The summed E-state index contributed by atoms with van der Waals surface area (Å²) in [5.41, 5.74) is 2.54. The van der Waals surface area contributed by atoms with Crippen LogP contribution < -0.4 is 14.8 Å². The Bertz CT molecular complexity index is 1120. The van der Waals surface area contributed by atoms with E-state index in [0.717, 1.165) is 28.4 Å². The number of carbonyl (C=O) groups is 1. The molecule has 1 amide bonds. The first-order chi connectivity index (χ1) is 14.7. The molecule has 6 heteroatoms. The molecule has 0 atom stereocenters. The Labute approximate surface area is 175 Å². The van der Waals surface area contributed by atoms with Crippen molar-refractivity contribution in [1.82, 2.24) is 14.9 Å². The lowest BCUT2D eigenvalue weighted by atomic mass is 10.2. The quantitative estimate of drug-likeness (QED) is 0.484. The highest BCUT2D eigenvalue weighted by Crippen LogP contribution is 2.19. The molecule has 0 saturated heterocycles. The molecule has 3 aromatic carbocycles. The Morgan fingerprint density at radius 3 is 2.40 bits per heavy atom. The van der Waals surface area contributed by atoms with Crippen molar-refractivity contribution < 1.29 is 14.3 Å². The van der Waals surface area contributed by atoms with E-state index in [1.807, 2.05) is 66.7 Å². The van der Waals surface area contributed by atoms with Gasteiger partial charge in [0, 0.05) is 5.56 Å². The molecular formula is C24H23N3O3. The normalized spacial score (nSPS) is 10.7. The van der Waals surface area contributed by atoms with Gasteiger partial charge in [0.15, 0.2) is 0 Å². The number of methoxy groups -OCH3 is 1. The number of benzene rings is 3. The molecule has 0 radical (unpaired) electrons. The van der Waals surface area contributed by atoms with Gasteiger partial charge in [-0.1, -0.05) is 30.3 Å². The number of rotatable bonds is 8. The first-order valence-corrected chi connectivity index (χ1v) is 9.79. The number of hydrogen-bond donors (Lipinski definition) is 1. The highest BCUT2D eigenvalue weighted by atomic mass is 16.5. The molecule has 0 unspecified atom stereocenters. The van der Waals surface area contributed by atoms with Crippen LogP contribution in [-0.2, 0) is 13.1 Å². The molecule has 0 aliphatic heterocycles. The molecule has 4 rings (SSSR count). The number of carbonyl (C=O) groups excluding carboxylic acids is 1. The SMILES string of the molecule is COc1ccc(OCCn2c(CNC(=O)c3ccccc3)nc3ccccc32)cc1. The van der Waals surface area contributed by atoms with Gasteiger partial charge in [0.05, 0.1) is 31.2 Å². The van der Waals surface area contributed by atoms with Crippen LogP contribution in [0.4, 0.5) is 0 Å². The van der Waals surface area contributed by atoms with Crippen LogP contribution in [0.25, 0.3) is 11.0 Å². The van der Waals surface area contributed by atoms with E-state index in [2.05, 4.69) is 9.88 Å². The van der Waals surface area contributed by atoms with E-state index in [1.54, 1.807) is 19.2 Å². The molecule has 0 saturated carbocycles. The van der Waals surface area contributed by atoms with Gasteiger partial charge in [-0.15, -0.1) is 0 Å². The Hall–Kier alpha value is -3.80. The zero-order chi connectivity index (χ0) is 20.8. The molecule has 0 aliphatic carbocycles. The standard InChI is InChI=1S/C24H23N3O3/c1-29-19-11-13-20(14-12-19)30-16-15-27-22-10-6-5-9-21(22)26-23(27)17-25-24(28)18-7-3-2-4-8-18/h2-14H,15-17H2,1H3,(H,25,28). The Morgan fingerprint density at radius 1 is 0.933 bits per heavy atom. The number of para-hydroxylation sites is 2. The summed E-state index contributed by atoms with van der Waals surface area (Å²) in [6.07, 6.45) is 0. The zero-order valence-corrected chi connectivity index (χ0v) is 16.7. The lowest BCUT2D eigenvalue weighted by Crippen LogP contribution is -2.25. The van der Waals surface area contributed by atoms with Gasteiger partial charge in [0.25, 0.3) is 5.91 Å². The van der Waals surface area contributed by atoms with Crippen molar-refractivity contribution in [3.05, 3.63) is 90.3 Å². The second-order valence-corrected chi connectivity index (χ2v) is 6.74. The van der Waals surface area contributed by atoms with Crippen molar-refractivity contribution in [1.29, 1.82) is 0 Å². The van der Waals surface area contributed by atoms with E-state index in [0.29, 0.717) is 25.3 Å². The number of nitrogens with one attached hydrogen (secondary N) is 1. The highest BCUT2D eigenvalue weighted by molar-refractivity contribution is 5.94. The molecule has 0 spiro atoms. The molecule has 30 heavy (non-hydrogen) atoms. The van der Waals surface area contributed by atoms with Crippen LogP contribution in [-0.4, -0.2) is 29.2 Å². The first kappa shape index (κ1) is 19.5. The molecule has 152 valence electrons. The summed E-state index contributed by atoms with van der Waals surface area (Å²) >= 11 is 0. The van der Waals surface area contributed by atoms with Gasteiger partial charge in [-0.3, -0.25) is 4.79 Å². The number of ether oxygens (including phenoxy) is 2. The summed E-state index contributed by atoms with van der Waals surface area (Å²) < 4.78 is 13.1. The van der Waals surface area contributed by atoms with E-state index in [4.69, 9.17) is 14.5 Å². The van der Waals surface area contributed by atoms with Crippen molar-refractivity contribution in [3.8, 4) is 11.5 Å². The fourth-order valence-electron chi connectivity index (χ4n) is 3.29. The number of fused-ring (bicyclic) bond motifs is 1. The second kappa shape index (κ2) is 9.13. The number of nitrogens with zero attached hydrogens (tertiary/aromatic N) is 2. The van der Waals surface area contributed by atoms with Crippen LogP contribution in [0.1, 0.15) is 16.2 Å². The van der Waals surface area contributed by atoms with Gasteiger partial charge in [-0.25, -0.2) is 4.98 Å². The molecule has 6 nitrogen and oxygen atoms in total. The third kappa shape index (κ3) is 4.43. The fourth-order valence-corrected chi connectivity index (χ4v) is 3.29. The van der Waals surface area contributed by atoms with E-state index in [9.17, 15) is 4.79 Å². The average Bonchev–Trinajstić information content (AvgIpc) is 3.16. The Morgan fingerprint density at radius 2 is 1.63 bits per heavy atom. The molecule has 4 aromatic rings. The zero-order valence-electron chi connectivity index (χ0n) is 16.7. The maximum absolute atomic E-state index is 12.4. The molecule has 1 heterocycles. The largest absolute Gasteiger partial charge is 0.497 e. The van der Waals surface area contributed by atoms with Crippen LogP contribution in [0.2, 0.25) is 0 Å². The van der Waals surface area contributed by atoms with Gasteiger partial charge >= 0.3 is 0 Å². The first-order valence-electron chi connectivity index (χ1n) is 9.79. The minimum absolute atomic E-state index is 0.122. The van der Waals surface area contributed by atoms with Gasteiger partial charge in [-0.05, 0) is 48.5 Å². The maximum atomic E-state index is 12.4. The lowest BCUT2D eigenvalue weighted by molar-refractivity contribution is 0.0949. The number of aromatic nitrogens is 2. The van der Waals surface area contributed by atoms with Gasteiger partial charge in [0.2, 0.25) is 0 Å². The third-order valence-corrected chi connectivity index (χ3v) is 4.82. The summed E-state index contributed by atoms with van der Waals surface area (Å²) in [4.78, 5) is 17.1. The molecule has 1 aromatic heterocycles. The number of hydrogen-bond acceptors (Lipinski definition) is 4. The summed E-state index contributed by atoms with van der Waals surface area (Å²) in [5.74, 6) is 2.24. The predicted molar refractivity (Wildman–Crippen MR) is 116 cm³/mol. The van der Waals surface area contributed by atoms with Gasteiger partial charge < -0.3 is 19.4 Å². The van der Waals surface area contributed by atoms with Gasteiger partial charge in [-0.2, -0.15) is 0 Å². The van der Waals surface area contributed by atoms with Crippen molar-refractivity contribution in [3.63, 3.8) is 0 Å². The molecule has 0 aliphatic rings. The van der Waals surface area contributed by atoms with Crippen LogP contribution in [0.3, 0.4) is 0 Å². The van der Waals surface area contributed by atoms with Crippen molar-refractivity contribution in [2.45, 2.75) is 13.1 Å². The van der Waals surface area contributed by atoms with E-state index < -0.39 is 0 Å². The Kier molecular flexibility index (Phi) is 5.94. The smallest absolute Gasteiger partial charge is 0.251 e. The third-order valence-electron chi connectivity index (χ3n) is 4.82. The molecule has 0 bridgehead atoms. The highest BCUT2D eigenvalue weighted by Gasteiger charge is 2.12. The van der Waals surface area contributed by atoms with Crippen molar-refractivity contribution in [2.24, 2.45) is 0 Å². The van der Waals surface area contributed by atoms with Crippen LogP contribution in [0.5, 0.6) is 11.5 Å². The van der Waals surface area contributed by atoms with E-state index in [1.165, 1.54) is 0 Å². The molecule has 1 N–H and O–H groups in total. The van der Waals surface area contributed by atoms with Gasteiger partial charge in [0.1, 0.15) is 23.9 Å². The topological polar surface area (TPSA) is 65.4 Å². The van der Waals surface area contributed by atoms with E-state index >= 15 is 0 Å². The average molecular weight is 401 g/mol. The number of amides is 1. The lowest BCUT2D eigenvalue weighted by Gasteiger charge is -2.12. The summed E-state index contributed by atoms with van der Waals surface area (Å²) in [6.45, 7) is 1.43. The van der Waals surface area contributed by atoms with Crippen molar-refractivity contribution in [2.75, 3.05) is 13.7 Å². The van der Waals surface area contributed by atoms with Crippen LogP contribution >= 0.6 is 0 Å². The second-order valence-electron chi connectivity index (χ2n) is 6.74. The van der Waals surface area contributed by atoms with Crippen LogP contribution in [0, 0.1) is 0 Å². The minimum Gasteiger partial charge on any atom is -0.497 e.